The van der Waals surface area contributed by atoms with Crippen LogP contribution in [0.3, 0.4) is 0 Å². The van der Waals surface area contributed by atoms with Crippen LogP contribution in [0.25, 0.3) is 0 Å². The van der Waals surface area contributed by atoms with Crippen LogP contribution in [-0.2, 0) is 0 Å². The van der Waals surface area contributed by atoms with E-state index in [1.54, 1.807) is 12.1 Å². The molecule has 1 heterocycles. The minimum absolute atomic E-state index is 0.345. The minimum Gasteiger partial charge on any atom is -0.434 e. The molecule has 18 heavy (non-hydrogen) atoms. The molecule has 0 radical (unpaired) electrons. The Hall–Kier alpha value is -1.27. The molecular formula is C12H10Br2N2O2. The van der Waals surface area contributed by atoms with Gasteiger partial charge in [0, 0.05) is 16.2 Å². The van der Waals surface area contributed by atoms with Gasteiger partial charge in [0.15, 0.2) is 4.67 Å². The number of nitrogens with one attached hydrogen (secondary N) is 2. The number of amides is 2. The maximum atomic E-state index is 11.7. The lowest BCUT2D eigenvalue weighted by Gasteiger charge is -2.08. The van der Waals surface area contributed by atoms with Crippen LogP contribution in [0.4, 0.5) is 16.4 Å². The van der Waals surface area contributed by atoms with E-state index >= 15 is 0 Å². The molecule has 0 aliphatic carbocycles. The summed E-state index contributed by atoms with van der Waals surface area (Å²) in [5.41, 5.74) is 1.72. The number of benzene rings is 1. The first-order valence-corrected chi connectivity index (χ1v) is 6.73. The lowest BCUT2D eigenvalue weighted by atomic mass is 10.2. The smallest absolute Gasteiger partial charge is 0.326 e. The largest absolute Gasteiger partial charge is 0.434 e. The Kier molecular flexibility index (Phi) is 4.08. The molecule has 6 heteroatoms. The van der Waals surface area contributed by atoms with Crippen LogP contribution in [0.2, 0.25) is 0 Å². The van der Waals surface area contributed by atoms with Gasteiger partial charge >= 0.3 is 6.03 Å². The van der Waals surface area contributed by atoms with E-state index in [2.05, 4.69) is 42.5 Å². The van der Waals surface area contributed by atoms with Crippen molar-refractivity contribution in [1.82, 2.24) is 0 Å². The predicted octanol–water partition coefficient (Wildman–Crippen LogP) is 4.76. The van der Waals surface area contributed by atoms with E-state index in [9.17, 15) is 4.79 Å². The highest BCUT2D eigenvalue weighted by Gasteiger charge is 2.07. The zero-order valence-electron chi connectivity index (χ0n) is 9.46. The third kappa shape index (κ3) is 3.36. The fourth-order valence-electron chi connectivity index (χ4n) is 1.41. The average molecular weight is 374 g/mol. The molecule has 94 valence electrons. The summed E-state index contributed by atoms with van der Waals surface area (Å²) in [6.45, 7) is 1.92. The number of rotatable bonds is 2. The zero-order valence-corrected chi connectivity index (χ0v) is 12.6. The quantitative estimate of drug-likeness (QED) is 0.797. The number of urea groups is 1. The summed E-state index contributed by atoms with van der Waals surface area (Å²) < 4.78 is 6.72. The lowest BCUT2D eigenvalue weighted by molar-refractivity contribution is 0.261. The molecule has 0 saturated heterocycles. The van der Waals surface area contributed by atoms with Crippen molar-refractivity contribution in [3.8, 4) is 0 Å². The first-order chi connectivity index (χ1) is 8.54. The van der Waals surface area contributed by atoms with Gasteiger partial charge in [0.1, 0.15) is 0 Å². The minimum atomic E-state index is -0.345. The van der Waals surface area contributed by atoms with Gasteiger partial charge < -0.3 is 9.73 Å². The van der Waals surface area contributed by atoms with E-state index in [0.29, 0.717) is 10.6 Å². The molecule has 2 rings (SSSR count). The van der Waals surface area contributed by atoms with E-state index in [1.165, 1.54) is 0 Å². The number of halogens is 2. The summed E-state index contributed by atoms with van der Waals surface area (Å²) in [6, 6.07) is 8.66. The van der Waals surface area contributed by atoms with Gasteiger partial charge in [-0.1, -0.05) is 15.9 Å². The summed E-state index contributed by atoms with van der Waals surface area (Å²) in [6.07, 6.45) is 0. The summed E-state index contributed by atoms with van der Waals surface area (Å²) >= 11 is 6.54. The highest BCUT2D eigenvalue weighted by Crippen LogP contribution is 2.21. The Labute approximate surface area is 121 Å². The molecule has 0 saturated carbocycles. The molecule has 1 aromatic heterocycles. The molecule has 0 spiro atoms. The van der Waals surface area contributed by atoms with Crippen molar-refractivity contribution in [2.45, 2.75) is 6.92 Å². The Morgan fingerprint density at radius 3 is 2.56 bits per heavy atom. The van der Waals surface area contributed by atoms with E-state index in [0.717, 1.165) is 15.7 Å². The van der Waals surface area contributed by atoms with Gasteiger partial charge in [-0.3, -0.25) is 5.32 Å². The van der Waals surface area contributed by atoms with E-state index < -0.39 is 0 Å². The van der Waals surface area contributed by atoms with Gasteiger partial charge in [0.05, 0.1) is 0 Å². The summed E-state index contributed by atoms with van der Waals surface area (Å²) in [4.78, 5) is 11.7. The van der Waals surface area contributed by atoms with Crippen molar-refractivity contribution in [3.05, 3.63) is 45.0 Å². The number of furan rings is 1. The van der Waals surface area contributed by atoms with Crippen molar-refractivity contribution >= 4 is 49.5 Å². The predicted molar refractivity (Wildman–Crippen MR) is 77.9 cm³/mol. The molecular weight excluding hydrogens is 364 g/mol. The Balaban J connectivity index is 2.03. The number of carbonyl (C=O) groups is 1. The molecule has 0 fully saturated rings. The van der Waals surface area contributed by atoms with Gasteiger partial charge in [-0.2, -0.15) is 0 Å². The van der Waals surface area contributed by atoms with Crippen LogP contribution in [0.15, 0.2) is 43.9 Å². The molecule has 2 amide bonds. The number of hydrogen-bond acceptors (Lipinski definition) is 2. The number of hydrogen-bond donors (Lipinski definition) is 2. The van der Waals surface area contributed by atoms with Crippen molar-refractivity contribution in [2.24, 2.45) is 0 Å². The standard InChI is InChI=1S/C12H10Br2N2O2/c1-7-6-8(13)2-3-9(7)15-12(17)16-11-5-4-10(14)18-11/h2-6H,1H3,(H2,15,16,17). The van der Waals surface area contributed by atoms with Crippen LogP contribution in [-0.4, -0.2) is 6.03 Å². The SMILES string of the molecule is Cc1cc(Br)ccc1NC(=O)Nc1ccc(Br)o1. The first kappa shape index (κ1) is 13.2. The topological polar surface area (TPSA) is 54.3 Å². The van der Waals surface area contributed by atoms with Gasteiger partial charge in [-0.05, 0) is 52.7 Å². The monoisotopic (exact) mass is 372 g/mol. The molecule has 0 bridgehead atoms. The van der Waals surface area contributed by atoms with Crippen LogP contribution in [0, 0.1) is 6.92 Å². The fourth-order valence-corrected chi connectivity index (χ4v) is 2.20. The number of aryl methyl sites for hydroxylation is 1. The zero-order chi connectivity index (χ0) is 13.1. The molecule has 4 nitrogen and oxygen atoms in total. The van der Waals surface area contributed by atoms with Gasteiger partial charge in [-0.15, -0.1) is 0 Å². The second-order valence-electron chi connectivity index (χ2n) is 3.64. The molecule has 0 atom stereocenters. The second-order valence-corrected chi connectivity index (χ2v) is 5.34. The van der Waals surface area contributed by atoms with Crippen molar-refractivity contribution in [3.63, 3.8) is 0 Å². The van der Waals surface area contributed by atoms with Crippen molar-refractivity contribution in [1.29, 1.82) is 0 Å². The maximum Gasteiger partial charge on any atom is 0.326 e. The average Bonchev–Trinajstić information content (AvgIpc) is 2.68. The van der Waals surface area contributed by atoms with E-state index in [1.807, 2.05) is 25.1 Å². The Morgan fingerprint density at radius 1 is 1.17 bits per heavy atom. The first-order valence-electron chi connectivity index (χ1n) is 5.14. The van der Waals surface area contributed by atoms with Crippen molar-refractivity contribution in [2.75, 3.05) is 10.6 Å². The fraction of sp³-hybridized carbons (Fsp3) is 0.0833. The van der Waals surface area contributed by atoms with E-state index in [4.69, 9.17) is 4.42 Å². The van der Waals surface area contributed by atoms with Gasteiger partial charge in [-0.25, -0.2) is 4.79 Å². The summed E-state index contributed by atoms with van der Waals surface area (Å²) in [5, 5.41) is 5.34. The van der Waals surface area contributed by atoms with Crippen LogP contribution >= 0.6 is 31.9 Å². The highest BCUT2D eigenvalue weighted by atomic mass is 79.9. The molecule has 0 aliphatic heterocycles. The second kappa shape index (κ2) is 5.58. The van der Waals surface area contributed by atoms with E-state index in [-0.39, 0.29) is 6.03 Å². The molecule has 0 aliphatic rings. The van der Waals surface area contributed by atoms with Crippen LogP contribution < -0.4 is 10.6 Å². The van der Waals surface area contributed by atoms with Crippen LogP contribution in [0.5, 0.6) is 0 Å². The van der Waals surface area contributed by atoms with Crippen molar-refractivity contribution < 1.29 is 9.21 Å². The highest BCUT2D eigenvalue weighted by molar-refractivity contribution is 9.10. The summed E-state index contributed by atoms with van der Waals surface area (Å²) in [5.74, 6) is 0.383. The molecule has 2 N–H and O–H groups in total. The third-order valence-electron chi connectivity index (χ3n) is 2.25. The molecule has 0 unspecified atom stereocenters. The van der Waals surface area contributed by atoms with Crippen LogP contribution in [0.1, 0.15) is 5.56 Å². The number of carbonyl (C=O) groups excluding carboxylic acids is 1. The lowest BCUT2D eigenvalue weighted by Crippen LogP contribution is -2.19. The van der Waals surface area contributed by atoms with Gasteiger partial charge in [0.2, 0.25) is 5.88 Å². The maximum absolute atomic E-state index is 11.7. The number of anilines is 2. The Morgan fingerprint density at radius 2 is 1.94 bits per heavy atom. The third-order valence-corrected chi connectivity index (χ3v) is 3.17. The summed E-state index contributed by atoms with van der Waals surface area (Å²) in [7, 11) is 0. The molecule has 2 aromatic rings. The van der Waals surface area contributed by atoms with Gasteiger partial charge in [0.25, 0.3) is 0 Å². The molecule has 1 aromatic carbocycles. The normalized spacial score (nSPS) is 10.2. The Bertz CT molecular complexity index is 581.